The molecule has 5 rings (SSSR count). The minimum absolute atomic E-state index is 0.0106. The van der Waals surface area contributed by atoms with Crippen LogP contribution in [-0.2, 0) is 4.79 Å². The Morgan fingerprint density at radius 3 is 2.84 bits per heavy atom. The average molecular weight is 467 g/mol. The minimum atomic E-state index is -0.0106. The molecule has 1 aromatic carbocycles. The molecule has 4 atom stereocenters. The molecular weight excluding hydrogens is 436 g/mol. The number of nitrogens with one attached hydrogen (secondary N) is 1. The molecule has 2 aliphatic carbocycles. The van der Waals surface area contributed by atoms with Crippen LogP contribution in [0.15, 0.2) is 40.9 Å². The Balaban J connectivity index is 1.35. The van der Waals surface area contributed by atoms with Gasteiger partial charge < -0.3 is 5.32 Å². The highest BCUT2D eigenvalue weighted by atomic mass is 32.2. The summed E-state index contributed by atoms with van der Waals surface area (Å²) in [7, 11) is 0. The number of rotatable bonds is 7. The third-order valence-electron chi connectivity index (χ3n) is 7.23. The summed E-state index contributed by atoms with van der Waals surface area (Å²) in [6.45, 7) is 6.38. The van der Waals surface area contributed by atoms with Gasteiger partial charge in [-0.2, -0.15) is 0 Å². The zero-order valence-electron chi connectivity index (χ0n) is 18.9. The molecule has 2 bridgehead atoms. The van der Waals surface area contributed by atoms with E-state index in [1.165, 1.54) is 37.4 Å². The average Bonchev–Trinajstić information content (AvgIpc) is 3.57. The van der Waals surface area contributed by atoms with E-state index >= 15 is 0 Å². The lowest BCUT2D eigenvalue weighted by molar-refractivity contribution is -0.113. The highest BCUT2D eigenvalue weighted by molar-refractivity contribution is 7.99. The molecule has 1 N–H and O–H groups in total. The van der Waals surface area contributed by atoms with Gasteiger partial charge in [-0.1, -0.05) is 36.4 Å². The number of benzene rings is 1. The first-order valence-corrected chi connectivity index (χ1v) is 13.3. The van der Waals surface area contributed by atoms with E-state index in [0.29, 0.717) is 17.7 Å². The van der Waals surface area contributed by atoms with Crippen molar-refractivity contribution in [3.05, 3.63) is 46.8 Å². The number of hydrogen-bond acceptors (Lipinski definition) is 5. The fraction of sp³-hybridized carbons (Fsp3) is 0.480. The van der Waals surface area contributed by atoms with Crippen LogP contribution in [0, 0.1) is 31.6 Å². The van der Waals surface area contributed by atoms with Crippen molar-refractivity contribution in [2.24, 2.45) is 17.8 Å². The zero-order chi connectivity index (χ0) is 22.2. The van der Waals surface area contributed by atoms with E-state index in [9.17, 15) is 4.79 Å². The Morgan fingerprint density at radius 2 is 2.12 bits per heavy atom. The Labute approximate surface area is 198 Å². The molecule has 2 aliphatic rings. The number of fused-ring (bicyclic) bond motifs is 2. The standard InChI is InChI=1S/C25H30N4OS2/c1-15-6-7-16(2)21(11-15)26-23(30)14-32-25-28-27-24(22-5-4-10-31-22)29(25)17(3)20-13-18-8-9-19(20)12-18/h4-7,10-11,17-20H,8-9,12-14H2,1-3H3,(H,26,30)/t17-,18-,19-,20+/m0/s1. The second kappa shape index (κ2) is 9.02. The van der Waals surface area contributed by atoms with Crippen molar-refractivity contribution in [3.63, 3.8) is 0 Å². The van der Waals surface area contributed by atoms with E-state index < -0.39 is 0 Å². The molecule has 0 unspecified atom stereocenters. The topological polar surface area (TPSA) is 59.8 Å². The van der Waals surface area contributed by atoms with Crippen LogP contribution in [0.25, 0.3) is 10.7 Å². The number of aryl methyl sites for hydroxylation is 2. The third kappa shape index (κ3) is 4.25. The van der Waals surface area contributed by atoms with Crippen LogP contribution >= 0.6 is 23.1 Å². The molecule has 7 heteroatoms. The summed E-state index contributed by atoms with van der Waals surface area (Å²) in [5.41, 5.74) is 3.09. The minimum Gasteiger partial charge on any atom is -0.325 e. The van der Waals surface area contributed by atoms with Crippen LogP contribution in [0.4, 0.5) is 5.69 Å². The molecule has 0 aliphatic heterocycles. The van der Waals surface area contributed by atoms with Crippen molar-refractivity contribution in [1.29, 1.82) is 0 Å². The van der Waals surface area contributed by atoms with Gasteiger partial charge in [-0.15, -0.1) is 21.5 Å². The molecular formula is C25H30N4OS2. The van der Waals surface area contributed by atoms with Crippen LogP contribution in [0.1, 0.15) is 49.8 Å². The van der Waals surface area contributed by atoms with Crippen molar-refractivity contribution in [2.75, 3.05) is 11.1 Å². The fourth-order valence-electron chi connectivity index (χ4n) is 5.58. The summed E-state index contributed by atoms with van der Waals surface area (Å²) in [4.78, 5) is 13.9. The van der Waals surface area contributed by atoms with Crippen LogP contribution < -0.4 is 5.32 Å². The first-order chi connectivity index (χ1) is 15.5. The van der Waals surface area contributed by atoms with Gasteiger partial charge >= 0.3 is 0 Å². The molecule has 32 heavy (non-hydrogen) atoms. The maximum atomic E-state index is 12.7. The molecule has 1 amide bonds. The molecule has 5 nitrogen and oxygen atoms in total. The molecule has 2 fully saturated rings. The van der Waals surface area contributed by atoms with Crippen LogP contribution in [0.2, 0.25) is 0 Å². The van der Waals surface area contributed by atoms with E-state index in [2.05, 4.69) is 50.6 Å². The van der Waals surface area contributed by atoms with E-state index in [1.54, 1.807) is 11.3 Å². The smallest absolute Gasteiger partial charge is 0.234 e. The quantitative estimate of drug-likeness (QED) is 0.412. The number of hydrogen-bond donors (Lipinski definition) is 1. The Bertz CT molecular complexity index is 1110. The van der Waals surface area contributed by atoms with E-state index in [4.69, 9.17) is 0 Å². The third-order valence-corrected chi connectivity index (χ3v) is 9.03. The molecule has 2 heterocycles. The lowest BCUT2D eigenvalue weighted by atomic mass is 9.84. The van der Waals surface area contributed by atoms with Gasteiger partial charge in [0.05, 0.1) is 10.6 Å². The molecule has 0 saturated heterocycles. The summed E-state index contributed by atoms with van der Waals surface area (Å²) in [6.07, 6.45) is 5.45. The molecule has 2 saturated carbocycles. The number of thiophene rings is 1. The van der Waals surface area contributed by atoms with E-state index in [0.717, 1.165) is 44.5 Å². The first-order valence-electron chi connectivity index (χ1n) is 11.5. The number of thioether (sulfide) groups is 1. The second-order valence-electron chi connectivity index (χ2n) is 9.39. The summed E-state index contributed by atoms with van der Waals surface area (Å²) in [5, 5.41) is 15.1. The summed E-state index contributed by atoms with van der Waals surface area (Å²) >= 11 is 3.19. The van der Waals surface area contributed by atoms with Gasteiger partial charge in [0.15, 0.2) is 11.0 Å². The number of amides is 1. The Kier molecular flexibility index (Phi) is 6.12. The summed E-state index contributed by atoms with van der Waals surface area (Å²) < 4.78 is 2.31. The summed E-state index contributed by atoms with van der Waals surface area (Å²) in [5.74, 6) is 3.63. The zero-order valence-corrected chi connectivity index (χ0v) is 20.5. The predicted octanol–water partition coefficient (Wildman–Crippen LogP) is 6.35. The lowest BCUT2D eigenvalue weighted by Crippen LogP contribution is -2.23. The maximum Gasteiger partial charge on any atom is 0.234 e. The van der Waals surface area contributed by atoms with Gasteiger partial charge in [-0.25, -0.2) is 0 Å². The largest absolute Gasteiger partial charge is 0.325 e. The van der Waals surface area contributed by atoms with E-state index in [1.807, 2.05) is 26.0 Å². The summed E-state index contributed by atoms with van der Waals surface area (Å²) in [6, 6.07) is 10.6. The van der Waals surface area contributed by atoms with Crippen LogP contribution in [0.3, 0.4) is 0 Å². The molecule has 0 spiro atoms. The Hall–Kier alpha value is -2.12. The van der Waals surface area contributed by atoms with Crippen molar-refractivity contribution in [2.45, 2.75) is 57.7 Å². The number of anilines is 1. The molecule has 2 aromatic heterocycles. The van der Waals surface area contributed by atoms with Crippen molar-refractivity contribution < 1.29 is 4.79 Å². The van der Waals surface area contributed by atoms with Gasteiger partial charge in [-0.05, 0) is 86.4 Å². The number of nitrogens with zero attached hydrogens (tertiary/aromatic N) is 3. The monoisotopic (exact) mass is 466 g/mol. The van der Waals surface area contributed by atoms with Crippen LogP contribution in [0.5, 0.6) is 0 Å². The number of aromatic nitrogens is 3. The van der Waals surface area contributed by atoms with Gasteiger partial charge in [0.1, 0.15) is 0 Å². The SMILES string of the molecule is Cc1ccc(C)c(NC(=O)CSc2nnc(-c3cccs3)n2[C@@H](C)[C@H]2C[C@H]3CC[C@H]2C3)c1. The fourth-order valence-corrected chi connectivity index (χ4v) is 7.11. The van der Waals surface area contributed by atoms with Gasteiger partial charge in [0.2, 0.25) is 5.91 Å². The number of carbonyl (C=O) groups excluding carboxylic acids is 1. The van der Waals surface area contributed by atoms with Crippen molar-refractivity contribution in [3.8, 4) is 10.7 Å². The highest BCUT2D eigenvalue weighted by Crippen LogP contribution is 2.53. The molecule has 3 aromatic rings. The van der Waals surface area contributed by atoms with Crippen molar-refractivity contribution >= 4 is 34.7 Å². The van der Waals surface area contributed by atoms with E-state index in [-0.39, 0.29) is 5.91 Å². The maximum absolute atomic E-state index is 12.7. The van der Waals surface area contributed by atoms with Gasteiger partial charge in [-0.3, -0.25) is 9.36 Å². The molecule has 168 valence electrons. The first kappa shape index (κ1) is 21.7. The van der Waals surface area contributed by atoms with Gasteiger partial charge in [0.25, 0.3) is 0 Å². The molecule has 0 radical (unpaired) electrons. The highest BCUT2D eigenvalue weighted by Gasteiger charge is 2.43. The van der Waals surface area contributed by atoms with Crippen LogP contribution in [-0.4, -0.2) is 26.4 Å². The predicted molar refractivity (Wildman–Crippen MR) is 132 cm³/mol. The number of carbonyl (C=O) groups is 1. The Morgan fingerprint density at radius 1 is 1.25 bits per heavy atom. The second-order valence-corrected chi connectivity index (χ2v) is 11.3. The van der Waals surface area contributed by atoms with Crippen molar-refractivity contribution in [1.82, 2.24) is 14.8 Å². The lowest BCUT2D eigenvalue weighted by Gasteiger charge is -2.30. The normalized spacial score (nSPS) is 22.9. The van der Waals surface area contributed by atoms with Gasteiger partial charge in [0, 0.05) is 11.7 Å².